The van der Waals surface area contributed by atoms with E-state index in [9.17, 15) is 0 Å². The van der Waals surface area contributed by atoms with Gasteiger partial charge < -0.3 is 5.32 Å². The van der Waals surface area contributed by atoms with Crippen LogP contribution in [0.25, 0.3) is 0 Å². The van der Waals surface area contributed by atoms with Crippen LogP contribution in [0, 0.1) is 0 Å². The quantitative estimate of drug-likeness (QED) is 0.735. The summed E-state index contributed by atoms with van der Waals surface area (Å²) in [6, 6.07) is 5.16. The summed E-state index contributed by atoms with van der Waals surface area (Å²) in [6.45, 7) is 7.84. The van der Waals surface area contributed by atoms with E-state index in [4.69, 9.17) is 0 Å². The van der Waals surface area contributed by atoms with E-state index >= 15 is 0 Å². The lowest BCUT2D eigenvalue weighted by molar-refractivity contribution is 0.501. The van der Waals surface area contributed by atoms with Gasteiger partial charge in [0, 0.05) is 15.8 Å². The molecule has 1 aromatic rings. The van der Waals surface area contributed by atoms with Crippen LogP contribution in [0.2, 0.25) is 0 Å². The number of thiophene rings is 1. The van der Waals surface area contributed by atoms with Crippen LogP contribution in [0.1, 0.15) is 55.8 Å². The first-order valence-electron chi connectivity index (χ1n) is 6.13. The first kappa shape index (κ1) is 12.7. The molecular weight excluding hydrogens is 202 g/mol. The Morgan fingerprint density at radius 1 is 1.20 bits per heavy atom. The minimum atomic E-state index is 0.584. The molecule has 2 heteroatoms. The normalized spacial score (nSPS) is 13.0. The van der Waals surface area contributed by atoms with E-state index in [2.05, 4.69) is 38.2 Å². The molecule has 0 saturated carbocycles. The molecule has 0 radical (unpaired) electrons. The van der Waals surface area contributed by atoms with Crippen molar-refractivity contribution >= 4 is 11.3 Å². The second kappa shape index (κ2) is 7.02. The van der Waals surface area contributed by atoms with Crippen LogP contribution >= 0.6 is 11.3 Å². The van der Waals surface area contributed by atoms with Gasteiger partial charge in [-0.25, -0.2) is 0 Å². The summed E-state index contributed by atoms with van der Waals surface area (Å²) < 4.78 is 0. The van der Waals surface area contributed by atoms with Gasteiger partial charge in [-0.15, -0.1) is 11.3 Å². The van der Waals surface area contributed by atoms with Gasteiger partial charge in [0.15, 0.2) is 0 Å². The lowest BCUT2D eigenvalue weighted by Crippen LogP contribution is -2.21. The molecule has 0 saturated heterocycles. The fourth-order valence-electron chi connectivity index (χ4n) is 1.72. The van der Waals surface area contributed by atoms with Gasteiger partial charge in [-0.1, -0.05) is 27.2 Å². The van der Waals surface area contributed by atoms with Crippen LogP contribution < -0.4 is 5.32 Å². The largest absolute Gasteiger partial charge is 0.309 e. The Balaban J connectivity index is 2.60. The van der Waals surface area contributed by atoms with Gasteiger partial charge >= 0.3 is 0 Å². The number of hydrogen-bond donors (Lipinski definition) is 1. The molecule has 1 heterocycles. The zero-order valence-electron chi connectivity index (χ0n) is 10.2. The molecule has 1 rings (SSSR count). The molecule has 1 atom stereocenters. The lowest BCUT2D eigenvalue weighted by atomic mass is 10.1. The minimum absolute atomic E-state index is 0.584. The average molecular weight is 225 g/mol. The highest BCUT2D eigenvalue weighted by Gasteiger charge is 2.11. The summed E-state index contributed by atoms with van der Waals surface area (Å²) in [5.74, 6) is 0. The molecule has 1 nitrogen and oxygen atoms in total. The first-order valence-corrected chi connectivity index (χ1v) is 6.95. The van der Waals surface area contributed by atoms with Crippen molar-refractivity contribution in [3.8, 4) is 0 Å². The van der Waals surface area contributed by atoms with Crippen molar-refractivity contribution in [2.24, 2.45) is 0 Å². The zero-order chi connectivity index (χ0) is 11.1. The van der Waals surface area contributed by atoms with E-state index in [1.165, 1.54) is 29.0 Å². The molecular formula is C13H23NS. The fourth-order valence-corrected chi connectivity index (χ4v) is 2.79. The maximum atomic E-state index is 3.63. The SMILES string of the molecule is CCCNC(CCC)c1ccc(CC)s1. The van der Waals surface area contributed by atoms with Gasteiger partial charge in [-0.2, -0.15) is 0 Å². The van der Waals surface area contributed by atoms with Crippen molar-refractivity contribution in [2.75, 3.05) is 6.54 Å². The Labute approximate surface area is 97.9 Å². The van der Waals surface area contributed by atoms with Gasteiger partial charge in [0.1, 0.15) is 0 Å². The van der Waals surface area contributed by atoms with Crippen molar-refractivity contribution in [1.29, 1.82) is 0 Å². The van der Waals surface area contributed by atoms with E-state index < -0.39 is 0 Å². The van der Waals surface area contributed by atoms with Crippen molar-refractivity contribution in [3.63, 3.8) is 0 Å². The van der Waals surface area contributed by atoms with Crippen LogP contribution in [0.4, 0.5) is 0 Å². The zero-order valence-corrected chi connectivity index (χ0v) is 11.0. The van der Waals surface area contributed by atoms with Crippen LogP contribution in [-0.2, 0) is 6.42 Å². The monoisotopic (exact) mass is 225 g/mol. The summed E-state index contributed by atoms with van der Waals surface area (Å²) in [7, 11) is 0. The molecule has 0 aliphatic rings. The summed E-state index contributed by atoms with van der Waals surface area (Å²) in [6.07, 6.45) is 4.88. The molecule has 1 aromatic heterocycles. The summed E-state index contributed by atoms with van der Waals surface area (Å²) >= 11 is 1.97. The Bertz CT molecular complexity index is 267. The maximum absolute atomic E-state index is 3.63. The Morgan fingerprint density at radius 2 is 2.00 bits per heavy atom. The fraction of sp³-hybridized carbons (Fsp3) is 0.692. The molecule has 0 amide bonds. The van der Waals surface area contributed by atoms with Crippen molar-refractivity contribution < 1.29 is 0 Å². The van der Waals surface area contributed by atoms with E-state index in [1.807, 2.05) is 11.3 Å². The van der Waals surface area contributed by atoms with Crippen molar-refractivity contribution in [3.05, 3.63) is 21.9 Å². The molecule has 15 heavy (non-hydrogen) atoms. The molecule has 0 aromatic carbocycles. The van der Waals surface area contributed by atoms with Crippen LogP contribution in [0.15, 0.2) is 12.1 Å². The Morgan fingerprint density at radius 3 is 2.53 bits per heavy atom. The number of rotatable bonds is 7. The van der Waals surface area contributed by atoms with Gasteiger partial charge in [0.05, 0.1) is 0 Å². The Kier molecular flexibility index (Phi) is 5.96. The minimum Gasteiger partial charge on any atom is -0.309 e. The molecule has 1 unspecified atom stereocenters. The molecule has 0 bridgehead atoms. The summed E-state index contributed by atoms with van der Waals surface area (Å²) in [5.41, 5.74) is 0. The highest BCUT2D eigenvalue weighted by molar-refractivity contribution is 7.12. The first-order chi connectivity index (χ1) is 7.31. The van der Waals surface area contributed by atoms with Crippen LogP contribution in [-0.4, -0.2) is 6.54 Å². The van der Waals surface area contributed by atoms with Crippen LogP contribution in [0.5, 0.6) is 0 Å². The third-order valence-corrected chi connectivity index (χ3v) is 3.94. The number of aryl methyl sites for hydroxylation is 1. The average Bonchev–Trinajstić information content (AvgIpc) is 2.72. The molecule has 1 N–H and O–H groups in total. The highest BCUT2D eigenvalue weighted by atomic mass is 32.1. The van der Waals surface area contributed by atoms with E-state index in [-0.39, 0.29) is 0 Å². The van der Waals surface area contributed by atoms with Crippen molar-refractivity contribution in [2.45, 2.75) is 52.5 Å². The second-order valence-corrected chi connectivity index (χ2v) is 5.15. The molecule has 0 aliphatic heterocycles. The predicted octanol–water partition coefficient (Wildman–Crippen LogP) is 4.15. The summed E-state index contributed by atoms with van der Waals surface area (Å²) in [5, 5.41) is 3.63. The molecule has 0 fully saturated rings. The number of nitrogens with one attached hydrogen (secondary N) is 1. The third-order valence-electron chi connectivity index (χ3n) is 2.59. The molecule has 0 spiro atoms. The van der Waals surface area contributed by atoms with Crippen LogP contribution in [0.3, 0.4) is 0 Å². The topological polar surface area (TPSA) is 12.0 Å². The second-order valence-electron chi connectivity index (χ2n) is 3.95. The Hall–Kier alpha value is -0.340. The van der Waals surface area contributed by atoms with E-state index in [0.717, 1.165) is 13.0 Å². The summed E-state index contributed by atoms with van der Waals surface area (Å²) in [4.78, 5) is 3.02. The van der Waals surface area contributed by atoms with E-state index in [1.54, 1.807) is 0 Å². The molecule has 0 aliphatic carbocycles. The highest BCUT2D eigenvalue weighted by Crippen LogP contribution is 2.26. The van der Waals surface area contributed by atoms with Gasteiger partial charge in [0.2, 0.25) is 0 Å². The predicted molar refractivity (Wildman–Crippen MR) is 69.6 cm³/mol. The molecule has 86 valence electrons. The van der Waals surface area contributed by atoms with Gasteiger partial charge in [0.25, 0.3) is 0 Å². The lowest BCUT2D eigenvalue weighted by Gasteiger charge is -2.15. The number of hydrogen-bond acceptors (Lipinski definition) is 2. The van der Waals surface area contributed by atoms with Gasteiger partial charge in [-0.05, 0) is 37.9 Å². The van der Waals surface area contributed by atoms with Crippen molar-refractivity contribution in [1.82, 2.24) is 5.32 Å². The third kappa shape index (κ3) is 3.96. The maximum Gasteiger partial charge on any atom is 0.0414 e. The smallest absolute Gasteiger partial charge is 0.0414 e. The van der Waals surface area contributed by atoms with E-state index in [0.29, 0.717) is 6.04 Å². The standard InChI is InChI=1S/C13H23NS/c1-4-7-12(14-10-5-2)13-9-8-11(6-3)15-13/h8-9,12,14H,4-7,10H2,1-3H3. The van der Waals surface area contributed by atoms with Gasteiger partial charge in [-0.3, -0.25) is 0 Å².